The van der Waals surface area contributed by atoms with Gasteiger partial charge in [-0.1, -0.05) is 30.3 Å². The molecule has 0 saturated heterocycles. The average molecular weight is 388 g/mol. The van der Waals surface area contributed by atoms with E-state index in [9.17, 15) is 14.4 Å². The highest BCUT2D eigenvalue weighted by Gasteiger charge is 2.26. The summed E-state index contributed by atoms with van der Waals surface area (Å²) in [6, 6.07) is 17.5. The first-order valence-electron chi connectivity index (χ1n) is 9.42. The predicted molar refractivity (Wildman–Crippen MR) is 110 cm³/mol. The van der Waals surface area contributed by atoms with Crippen LogP contribution in [0.15, 0.2) is 65.5 Å². The number of hydrogen-bond acceptors (Lipinski definition) is 4. The molecule has 1 aromatic heterocycles. The number of ketones is 1. The lowest BCUT2D eigenvalue weighted by Gasteiger charge is -2.21. The zero-order chi connectivity index (χ0) is 20.4. The second kappa shape index (κ2) is 7.75. The van der Waals surface area contributed by atoms with Crippen molar-refractivity contribution in [1.82, 2.24) is 4.57 Å². The lowest BCUT2D eigenvalue weighted by Crippen LogP contribution is -2.33. The first-order valence-corrected chi connectivity index (χ1v) is 9.42. The molecule has 1 N–H and O–H groups in total. The molecule has 1 aliphatic rings. The molecule has 0 spiro atoms. The van der Waals surface area contributed by atoms with Crippen LogP contribution < -0.4 is 15.6 Å². The van der Waals surface area contributed by atoms with Crippen molar-refractivity contribution in [2.75, 3.05) is 12.4 Å². The van der Waals surface area contributed by atoms with E-state index >= 15 is 0 Å². The largest absolute Gasteiger partial charge is 0.495 e. The van der Waals surface area contributed by atoms with Gasteiger partial charge in [0.15, 0.2) is 5.78 Å². The Morgan fingerprint density at radius 3 is 2.48 bits per heavy atom. The maximum absolute atomic E-state index is 13.3. The molecular weight excluding hydrogens is 368 g/mol. The Hall–Kier alpha value is -3.67. The number of nitrogens with zero attached hydrogens (tertiary/aromatic N) is 1. The van der Waals surface area contributed by atoms with Crippen molar-refractivity contribution >= 4 is 17.4 Å². The van der Waals surface area contributed by atoms with Crippen molar-refractivity contribution in [1.29, 1.82) is 0 Å². The highest BCUT2D eigenvalue weighted by Crippen LogP contribution is 2.26. The third kappa shape index (κ3) is 3.45. The van der Waals surface area contributed by atoms with E-state index in [0.717, 1.165) is 0 Å². The molecule has 0 saturated carbocycles. The molecule has 3 aromatic rings. The number of fused-ring (bicyclic) bond motifs is 1. The fourth-order valence-electron chi connectivity index (χ4n) is 3.64. The van der Waals surface area contributed by atoms with Gasteiger partial charge in [-0.05, 0) is 43.2 Å². The van der Waals surface area contributed by atoms with Gasteiger partial charge in [0.25, 0.3) is 11.5 Å². The Bertz CT molecular complexity index is 1150. The van der Waals surface area contributed by atoms with Crippen LogP contribution in [0.1, 0.15) is 39.3 Å². The van der Waals surface area contributed by atoms with Gasteiger partial charge in [-0.15, -0.1) is 0 Å². The van der Waals surface area contributed by atoms with Gasteiger partial charge in [0.2, 0.25) is 0 Å². The van der Waals surface area contributed by atoms with Crippen molar-refractivity contribution in [3.63, 3.8) is 0 Å². The number of para-hydroxylation sites is 3. The SMILES string of the molecule is COc1ccccc1NC(=O)c1cc2c(n(-c3ccccc3)c1=O)CCCC2=O. The number of benzene rings is 2. The van der Waals surface area contributed by atoms with Crippen LogP contribution in [0.5, 0.6) is 5.75 Å². The van der Waals surface area contributed by atoms with Crippen LogP contribution in [0.25, 0.3) is 5.69 Å². The molecule has 2 aromatic carbocycles. The van der Waals surface area contributed by atoms with Gasteiger partial charge in [0.05, 0.1) is 12.8 Å². The van der Waals surface area contributed by atoms with Crippen LogP contribution in [-0.2, 0) is 6.42 Å². The van der Waals surface area contributed by atoms with Gasteiger partial charge in [0, 0.05) is 23.4 Å². The van der Waals surface area contributed by atoms with Crippen LogP contribution in [0.4, 0.5) is 5.69 Å². The van der Waals surface area contributed by atoms with E-state index in [2.05, 4.69) is 5.32 Å². The highest BCUT2D eigenvalue weighted by molar-refractivity contribution is 6.07. The van der Waals surface area contributed by atoms with Crippen molar-refractivity contribution in [2.24, 2.45) is 0 Å². The third-order valence-corrected chi connectivity index (χ3v) is 5.04. The summed E-state index contributed by atoms with van der Waals surface area (Å²) in [6.45, 7) is 0. The topological polar surface area (TPSA) is 77.4 Å². The summed E-state index contributed by atoms with van der Waals surface area (Å²) in [7, 11) is 1.50. The summed E-state index contributed by atoms with van der Waals surface area (Å²) < 4.78 is 6.75. The molecular formula is C23H20N2O4. The number of amides is 1. The molecule has 6 heteroatoms. The highest BCUT2D eigenvalue weighted by atomic mass is 16.5. The van der Waals surface area contributed by atoms with Gasteiger partial charge in [-0.2, -0.15) is 0 Å². The summed E-state index contributed by atoms with van der Waals surface area (Å²) in [5.74, 6) is -0.147. The molecule has 0 fully saturated rings. The molecule has 1 aliphatic carbocycles. The monoisotopic (exact) mass is 388 g/mol. The van der Waals surface area contributed by atoms with Gasteiger partial charge in [-0.3, -0.25) is 19.0 Å². The number of Topliss-reactive ketones (excluding diaryl/α,β-unsaturated/α-hetero) is 1. The van der Waals surface area contributed by atoms with Crippen molar-refractivity contribution in [3.8, 4) is 11.4 Å². The van der Waals surface area contributed by atoms with Crippen LogP contribution in [0.2, 0.25) is 0 Å². The van der Waals surface area contributed by atoms with E-state index in [-0.39, 0.29) is 11.3 Å². The lowest BCUT2D eigenvalue weighted by atomic mass is 9.92. The molecule has 0 bridgehead atoms. The number of methoxy groups -OCH3 is 1. The minimum atomic E-state index is -0.578. The van der Waals surface area contributed by atoms with Gasteiger partial charge >= 0.3 is 0 Å². The van der Waals surface area contributed by atoms with Gasteiger partial charge in [0.1, 0.15) is 11.3 Å². The zero-order valence-electron chi connectivity index (χ0n) is 16.0. The maximum atomic E-state index is 13.3. The summed E-state index contributed by atoms with van der Waals surface area (Å²) >= 11 is 0. The molecule has 0 atom stereocenters. The van der Waals surface area contributed by atoms with Crippen LogP contribution in [0, 0.1) is 0 Å². The molecule has 0 aliphatic heterocycles. The molecule has 1 amide bonds. The number of anilines is 1. The van der Waals surface area contributed by atoms with Gasteiger partial charge in [-0.25, -0.2) is 0 Å². The standard InChI is InChI=1S/C23H20N2O4/c1-29-21-13-6-5-10-18(21)24-22(27)17-14-16-19(11-7-12-20(16)26)25(23(17)28)15-8-3-2-4-9-15/h2-6,8-10,13-14H,7,11-12H2,1H3,(H,24,27). The quantitative estimate of drug-likeness (QED) is 0.741. The molecule has 1 heterocycles. The molecule has 146 valence electrons. The van der Waals surface area contributed by atoms with Crippen LogP contribution >= 0.6 is 0 Å². The fraction of sp³-hybridized carbons (Fsp3) is 0.174. The summed E-state index contributed by atoms with van der Waals surface area (Å²) in [5, 5.41) is 2.73. The predicted octanol–water partition coefficient (Wildman–Crippen LogP) is 3.62. The number of nitrogens with one attached hydrogen (secondary N) is 1. The lowest BCUT2D eigenvalue weighted by molar-refractivity contribution is 0.0971. The first-order chi connectivity index (χ1) is 14.1. The summed E-state index contributed by atoms with van der Waals surface area (Å²) in [6.07, 6.45) is 1.71. The Kier molecular flexibility index (Phi) is 4.99. The van der Waals surface area contributed by atoms with Crippen molar-refractivity contribution < 1.29 is 14.3 Å². The third-order valence-electron chi connectivity index (χ3n) is 5.04. The Morgan fingerprint density at radius 1 is 1.00 bits per heavy atom. The van der Waals surface area contributed by atoms with E-state index in [1.54, 1.807) is 36.4 Å². The number of carbonyl (C=O) groups is 2. The molecule has 4 rings (SSSR count). The fourth-order valence-corrected chi connectivity index (χ4v) is 3.64. The van der Waals surface area contributed by atoms with Gasteiger partial charge < -0.3 is 10.1 Å². The second-order valence-corrected chi connectivity index (χ2v) is 6.83. The summed E-state index contributed by atoms with van der Waals surface area (Å²) in [4.78, 5) is 38.8. The smallest absolute Gasteiger partial charge is 0.268 e. The summed E-state index contributed by atoms with van der Waals surface area (Å²) in [5.41, 5.74) is 1.66. The van der Waals surface area contributed by atoms with Crippen molar-refractivity contribution in [2.45, 2.75) is 19.3 Å². The number of carbonyl (C=O) groups excluding carboxylic acids is 2. The number of ether oxygens (including phenoxy) is 1. The Balaban J connectivity index is 1.86. The van der Waals surface area contributed by atoms with Crippen molar-refractivity contribution in [3.05, 3.63) is 87.8 Å². The second-order valence-electron chi connectivity index (χ2n) is 6.83. The number of aromatic nitrogens is 1. The Morgan fingerprint density at radius 2 is 1.72 bits per heavy atom. The normalized spacial score (nSPS) is 12.9. The zero-order valence-corrected chi connectivity index (χ0v) is 16.0. The molecule has 0 radical (unpaired) electrons. The van der Waals surface area contributed by atoms with E-state index in [4.69, 9.17) is 4.74 Å². The van der Waals surface area contributed by atoms with Crippen LogP contribution in [0.3, 0.4) is 0 Å². The average Bonchev–Trinajstić information content (AvgIpc) is 2.74. The number of pyridine rings is 1. The van der Waals surface area contributed by atoms with E-state index in [1.165, 1.54) is 17.7 Å². The minimum absolute atomic E-state index is 0.0535. The minimum Gasteiger partial charge on any atom is -0.495 e. The maximum Gasteiger partial charge on any atom is 0.268 e. The van der Waals surface area contributed by atoms with E-state index in [1.807, 2.05) is 18.2 Å². The molecule has 29 heavy (non-hydrogen) atoms. The molecule has 6 nitrogen and oxygen atoms in total. The first kappa shape index (κ1) is 18.7. The Labute approximate surface area is 167 Å². The van der Waals surface area contributed by atoms with E-state index in [0.29, 0.717) is 47.6 Å². The number of rotatable bonds is 4. The number of hydrogen-bond donors (Lipinski definition) is 1. The molecule has 0 unspecified atom stereocenters. The van der Waals surface area contributed by atoms with E-state index < -0.39 is 11.5 Å². The van der Waals surface area contributed by atoms with Crippen LogP contribution in [-0.4, -0.2) is 23.4 Å².